The molecule has 1 aromatic rings. The van der Waals surface area contributed by atoms with Crippen molar-refractivity contribution in [3.8, 4) is 0 Å². The van der Waals surface area contributed by atoms with E-state index >= 15 is 0 Å². The van der Waals surface area contributed by atoms with Gasteiger partial charge in [0.25, 0.3) is 5.91 Å². The fraction of sp³-hybridized carbons (Fsp3) is 0.500. The van der Waals surface area contributed by atoms with Crippen LogP contribution in [0.3, 0.4) is 0 Å². The van der Waals surface area contributed by atoms with E-state index in [4.69, 9.17) is 28.3 Å². The van der Waals surface area contributed by atoms with Gasteiger partial charge in [0.1, 0.15) is 0 Å². The van der Waals surface area contributed by atoms with Crippen molar-refractivity contribution in [3.05, 3.63) is 21.9 Å². The summed E-state index contributed by atoms with van der Waals surface area (Å²) in [6.45, 7) is 2.48. The number of carbonyl (C=O) groups is 1. The molecule has 0 aliphatic rings. The summed E-state index contributed by atoms with van der Waals surface area (Å²) < 4.78 is 0. The molecule has 2 N–H and O–H groups in total. The standard InChI is InChI=1S/C10H13Cl2N3O2/c1-6(2-3-16)5-13-10(17)7-4-8(11)14-15-9(7)12/h4,6,16H,2-3,5H2,1H3,(H,13,17). The minimum absolute atomic E-state index is 0.0155. The van der Waals surface area contributed by atoms with E-state index in [2.05, 4.69) is 15.5 Å². The summed E-state index contributed by atoms with van der Waals surface area (Å²) in [5.74, 6) is -0.162. The van der Waals surface area contributed by atoms with Crippen LogP contribution in [0.4, 0.5) is 0 Å². The number of amides is 1. The van der Waals surface area contributed by atoms with E-state index in [0.717, 1.165) is 0 Å². The van der Waals surface area contributed by atoms with Crippen molar-refractivity contribution < 1.29 is 9.90 Å². The Balaban J connectivity index is 2.61. The Kier molecular flexibility index (Phi) is 5.61. The first kappa shape index (κ1) is 14.2. The molecule has 0 saturated carbocycles. The summed E-state index contributed by atoms with van der Waals surface area (Å²) in [5, 5.41) is 18.6. The SMILES string of the molecule is CC(CCO)CNC(=O)c1cc(Cl)nnc1Cl. The molecular weight excluding hydrogens is 265 g/mol. The Morgan fingerprint density at radius 1 is 1.53 bits per heavy atom. The molecule has 1 atom stereocenters. The average Bonchev–Trinajstić information content (AvgIpc) is 2.29. The largest absolute Gasteiger partial charge is 0.396 e. The second-order valence-electron chi connectivity index (χ2n) is 3.70. The van der Waals surface area contributed by atoms with E-state index in [1.165, 1.54) is 6.07 Å². The molecule has 0 radical (unpaired) electrons. The van der Waals surface area contributed by atoms with Crippen molar-refractivity contribution in [1.29, 1.82) is 0 Å². The highest BCUT2D eigenvalue weighted by molar-refractivity contribution is 6.34. The number of halogens is 2. The Labute approximate surface area is 109 Å². The van der Waals surface area contributed by atoms with E-state index in [9.17, 15) is 4.79 Å². The van der Waals surface area contributed by atoms with Gasteiger partial charge in [-0.3, -0.25) is 4.79 Å². The smallest absolute Gasteiger partial charge is 0.254 e. The van der Waals surface area contributed by atoms with Crippen molar-refractivity contribution in [1.82, 2.24) is 15.5 Å². The van der Waals surface area contributed by atoms with Crippen LogP contribution in [-0.2, 0) is 0 Å². The summed E-state index contributed by atoms with van der Waals surface area (Å²) in [6.07, 6.45) is 0.628. The van der Waals surface area contributed by atoms with Crippen LogP contribution < -0.4 is 5.32 Å². The maximum atomic E-state index is 11.7. The van der Waals surface area contributed by atoms with E-state index in [1.807, 2.05) is 6.92 Å². The van der Waals surface area contributed by atoms with Crippen LogP contribution in [0.15, 0.2) is 6.07 Å². The molecule has 7 heteroatoms. The van der Waals surface area contributed by atoms with Crippen molar-refractivity contribution in [3.63, 3.8) is 0 Å². The average molecular weight is 278 g/mol. The normalized spacial score (nSPS) is 12.2. The summed E-state index contributed by atoms with van der Waals surface area (Å²) in [4.78, 5) is 11.7. The molecule has 1 unspecified atom stereocenters. The predicted octanol–water partition coefficient (Wildman–Crippen LogP) is 1.53. The van der Waals surface area contributed by atoms with Gasteiger partial charge in [-0.2, -0.15) is 0 Å². The Morgan fingerprint density at radius 3 is 2.88 bits per heavy atom. The van der Waals surface area contributed by atoms with Gasteiger partial charge in [0.15, 0.2) is 10.3 Å². The third kappa shape index (κ3) is 4.46. The van der Waals surface area contributed by atoms with Crippen LogP contribution in [0.5, 0.6) is 0 Å². The molecule has 0 aliphatic heterocycles. The van der Waals surface area contributed by atoms with Gasteiger partial charge < -0.3 is 10.4 Å². The maximum absolute atomic E-state index is 11.7. The Morgan fingerprint density at radius 2 is 2.24 bits per heavy atom. The van der Waals surface area contributed by atoms with Crippen LogP contribution in [0.2, 0.25) is 10.3 Å². The summed E-state index contributed by atoms with van der Waals surface area (Å²) >= 11 is 11.4. The van der Waals surface area contributed by atoms with Gasteiger partial charge in [-0.1, -0.05) is 30.1 Å². The lowest BCUT2D eigenvalue weighted by Crippen LogP contribution is -2.29. The minimum atomic E-state index is -0.350. The van der Waals surface area contributed by atoms with Gasteiger partial charge in [-0.15, -0.1) is 10.2 Å². The molecule has 17 heavy (non-hydrogen) atoms. The molecule has 1 heterocycles. The first-order valence-electron chi connectivity index (χ1n) is 5.12. The Hall–Kier alpha value is -0.910. The number of aliphatic hydroxyl groups is 1. The molecular formula is C10H13Cl2N3O2. The van der Waals surface area contributed by atoms with E-state index in [-0.39, 0.29) is 34.3 Å². The number of carbonyl (C=O) groups excluding carboxylic acids is 1. The molecule has 0 fully saturated rings. The van der Waals surface area contributed by atoms with Crippen molar-refractivity contribution >= 4 is 29.1 Å². The molecule has 5 nitrogen and oxygen atoms in total. The van der Waals surface area contributed by atoms with E-state index < -0.39 is 0 Å². The number of aromatic nitrogens is 2. The molecule has 0 aliphatic carbocycles. The van der Waals surface area contributed by atoms with Crippen LogP contribution in [0.25, 0.3) is 0 Å². The minimum Gasteiger partial charge on any atom is -0.396 e. The lowest BCUT2D eigenvalue weighted by molar-refractivity contribution is 0.0945. The molecule has 1 amide bonds. The van der Waals surface area contributed by atoms with Crippen LogP contribution >= 0.6 is 23.2 Å². The topological polar surface area (TPSA) is 75.1 Å². The lowest BCUT2D eigenvalue weighted by Gasteiger charge is -2.11. The van der Waals surface area contributed by atoms with Crippen LogP contribution in [-0.4, -0.2) is 34.4 Å². The maximum Gasteiger partial charge on any atom is 0.254 e. The second kappa shape index (κ2) is 6.74. The highest BCUT2D eigenvalue weighted by Crippen LogP contribution is 2.15. The van der Waals surface area contributed by atoms with Crippen molar-refractivity contribution in [2.24, 2.45) is 5.92 Å². The first-order valence-corrected chi connectivity index (χ1v) is 5.88. The van der Waals surface area contributed by atoms with Gasteiger partial charge in [-0.05, 0) is 18.4 Å². The summed E-state index contributed by atoms with van der Waals surface area (Å²) in [5.41, 5.74) is 0.197. The van der Waals surface area contributed by atoms with Gasteiger partial charge in [0, 0.05) is 13.2 Å². The number of aliphatic hydroxyl groups excluding tert-OH is 1. The number of rotatable bonds is 5. The fourth-order valence-electron chi connectivity index (χ4n) is 1.20. The quantitative estimate of drug-likeness (QED) is 0.856. The third-order valence-corrected chi connectivity index (χ3v) is 2.66. The number of nitrogens with one attached hydrogen (secondary N) is 1. The first-order chi connectivity index (χ1) is 8.04. The van der Waals surface area contributed by atoms with Crippen LogP contribution in [0, 0.1) is 5.92 Å². The molecule has 0 bridgehead atoms. The monoisotopic (exact) mass is 277 g/mol. The van der Waals surface area contributed by atoms with Gasteiger partial charge in [0.05, 0.1) is 5.56 Å². The molecule has 0 spiro atoms. The van der Waals surface area contributed by atoms with Crippen molar-refractivity contribution in [2.75, 3.05) is 13.2 Å². The number of nitrogens with zero attached hydrogens (tertiary/aromatic N) is 2. The fourth-order valence-corrected chi connectivity index (χ4v) is 1.52. The molecule has 1 aromatic heterocycles. The highest BCUT2D eigenvalue weighted by Gasteiger charge is 2.13. The van der Waals surface area contributed by atoms with Gasteiger partial charge in [-0.25, -0.2) is 0 Å². The van der Waals surface area contributed by atoms with E-state index in [0.29, 0.717) is 13.0 Å². The van der Waals surface area contributed by atoms with Gasteiger partial charge in [0.2, 0.25) is 0 Å². The van der Waals surface area contributed by atoms with Crippen LogP contribution in [0.1, 0.15) is 23.7 Å². The molecule has 1 rings (SSSR count). The molecule has 0 saturated heterocycles. The number of hydrogen-bond acceptors (Lipinski definition) is 4. The molecule has 0 aromatic carbocycles. The second-order valence-corrected chi connectivity index (χ2v) is 4.44. The third-order valence-electron chi connectivity index (χ3n) is 2.20. The Bertz CT molecular complexity index is 401. The molecule has 94 valence electrons. The van der Waals surface area contributed by atoms with Gasteiger partial charge >= 0.3 is 0 Å². The zero-order chi connectivity index (χ0) is 12.8. The summed E-state index contributed by atoms with van der Waals surface area (Å²) in [7, 11) is 0. The van der Waals surface area contributed by atoms with Crippen molar-refractivity contribution in [2.45, 2.75) is 13.3 Å². The number of hydrogen-bond donors (Lipinski definition) is 2. The predicted molar refractivity (Wildman–Crippen MR) is 65.3 cm³/mol. The highest BCUT2D eigenvalue weighted by atomic mass is 35.5. The summed E-state index contributed by atoms with van der Waals surface area (Å²) in [6, 6.07) is 1.36. The zero-order valence-electron chi connectivity index (χ0n) is 9.28. The van der Waals surface area contributed by atoms with E-state index in [1.54, 1.807) is 0 Å². The zero-order valence-corrected chi connectivity index (χ0v) is 10.8. The lowest BCUT2D eigenvalue weighted by atomic mass is 10.1.